The summed E-state index contributed by atoms with van der Waals surface area (Å²) in [6, 6.07) is 15.2. The van der Waals surface area contributed by atoms with E-state index in [1.54, 1.807) is 0 Å². The van der Waals surface area contributed by atoms with Crippen LogP contribution in [0.15, 0.2) is 53.0 Å². The number of carbonyl (C=O) groups is 1. The molecule has 0 amide bonds. The molecule has 0 saturated heterocycles. The number of carboxylic acid groups (broad SMARTS) is 1. The normalized spacial score (nSPS) is 12.7. The summed E-state index contributed by atoms with van der Waals surface area (Å²) in [4.78, 5) is 11.5. The molecule has 23 heavy (non-hydrogen) atoms. The van der Waals surface area contributed by atoms with Gasteiger partial charge in [-0.25, -0.2) is 4.79 Å². The second kappa shape index (κ2) is 7.18. The minimum absolute atomic E-state index is 0.0577. The third-order valence-corrected chi connectivity index (χ3v) is 4.14. The van der Waals surface area contributed by atoms with Gasteiger partial charge >= 0.3 is 5.97 Å². The highest BCUT2D eigenvalue weighted by atomic mass is 79.9. The van der Waals surface area contributed by atoms with E-state index < -0.39 is 12.1 Å². The fourth-order valence-electron chi connectivity index (χ4n) is 2.21. The average Bonchev–Trinajstić information content (AvgIpc) is 2.48. The van der Waals surface area contributed by atoms with Gasteiger partial charge < -0.3 is 9.84 Å². The zero-order chi connectivity index (χ0) is 17.0. The van der Waals surface area contributed by atoms with E-state index in [-0.39, 0.29) is 5.41 Å². The Morgan fingerprint density at radius 3 is 2.13 bits per heavy atom. The lowest BCUT2D eigenvalue weighted by Crippen LogP contribution is -2.29. The molecule has 0 aliphatic rings. The largest absolute Gasteiger partial charge is 0.478 e. The van der Waals surface area contributed by atoms with Gasteiger partial charge in [-0.3, -0.25) is 0 Å². The van der Waals surface area contributed by atoms with Crippen molar-refractivity contribution in [3.8, 4) is 5.75 Å². The van der Waals surface area contributed by atoms with E-state index in [0.29, 0.717) is 12.2 Å². The van der Waals surface area contributed by atoms with Gasteiger partial charge in [0.15, 0.2) is 6.10 Å². The van der Waals surface area contributed by atoms with E-state index in [9.17, 15) is 9.90 Å². The molecule has 2 rings (SSSR count). The average molecular weight is 377 g/mol. The van der Waals surface area contributed by atoms with Gasteiger partial charge in [0.1, 0.15) is 5.75 Å². The summed E-state index contributed by atoms with van der Waals surface area (Å²) in [5.74, 6) is -0.393. The summed E-state index contributed by atoms with van der Waals surface area (Å²) in [6.45, 7) is 6.41. The van der Waals surface area contributed by atoms with Gasteiger partial charge in [0.25, 0.3) is 0 Å². The van der Waals surface area contributed by atoms with Crippen LogP contribution in [-0.2, 0) is 16.6 Å². The Balaban J connectivity index is 2.10. The SMILES string of the molecule is CC(C)(C)c1ccc(OC(Cc2ccc(Br)cc2)C(=O)O)cc1. The Hall–Kier alpha value is -1.81. The molecule has 0 fully saturated rings. The van der Waals surface area contributed by atoms with E-state index in [4.69, 9.17) is 4.74 Å². The second-order valence-corrected chi connectivity index (χ2v) is 7.47. The Kier molecular flexibility index (Phi) is 5.47. The zero-order valence-corrected chi connectivity index (χ0v) is 15.1. The van der Waals surface area contributed by atoms with Crippen LogP contribution in [0, 0.1) is 0 Å². The molecule has 0 heterocycles. The summed E-state index contributed by atoms with van der Waals surface area (Å²) >= 11 is 3.37. The summed E-state index contributed by atoms with van der Waals surface area (Å²) in [7, 11) is 0. The van der Waals surface area contributed by atoms with Crippen molar-refractivity contribution in [1.82, 2.24) is 0 Å². The van der Waals surface area contributed by atoms with Crippen molar-refractivity contribution in [2.75, 3.05) is 0 Å². The van der Waals surface area contributed by atoms with Gasteiger partial charge in [-0.2, -0.15) is 0 Å². The number of hydrogen-bond donors (Lipinski definition) is 1. The summed E-state index contributed by atoms with van der Waals surface area (Å²) in [6.07, 6.45) is -0.583. The Morgan fingerprint density at radius 2 is 1.65 bits per heavy atom. The first-order chi connectivity index (χ1) is 10.8. The Labute approximate surface area is 145 Å². The molecule has 3 nitrogen and oxygen atoms in total. The van der Waals surface area contributed by atoms with Crippen molar-refractivity contribution in [2.45, 2.75) is 38.7 Å². The maximum Gasteiger partial charge on any atom is 0.345 e. The Morgan fingerprint density at radius 1 is 1.09 bits per heavy atom. The first-order valence-electron chi connectivity index (χ1n) is 7.50. The first-order valence-corrected chi connectivity index (χ1v) is 8.29. The number of hydrogen-bond acceptors (Lipinski definition) is 2. The van der Waals surface area contributed by atoms with E-state index in [1.807, 2.05) is 48.5 Å². The van der Waals surface area contributed by atoms with Crippen molar-refractivity contribution in [3.05, 3.63) is 64.1 Å². The molecule has 122 valence electrons. The number of carboxylic acids is 1. The molecule has 4 heteroatoms. The van der Waals surface area contributed by atoms with Crippen molar-refractivity contribution >= 4 is 21.9 Å². The molecular formula is C19H21BrO3. The summed E-state index contributed by atoms with van der Waals surface area (Å²) < 4.78 is 6.63. The number of halogens is 1. The molecule has 0 bridgehead atoms. The van der Waals surface area contributed by atoms with Crippen LogP contribution in [0.3, 0.4) is 0 Å². The van der Waals surface area contributed by atoms with Crippen molar-refractivity contribution in [2.24, 2.45) is 0 Å². The van der Waals surface area contributed by atoms with Crippen LogP contribution in [0.25, 0.3) is 0 Å². The highest BCUT2D eigenvalue weighted by molar-refractivity contribution is 9.10. The summed E-state index contributed by atoms with van der Waals surface area (Å²) in [5, 5.41) is 9.40. The van der Waals surface area contributed by atoms with Crippen LogP contribution in [0.4, 0.5) is 0 Å². The molecule has 0 aromatic heterocycles. The molecule has 1 atom stereocenters. The Bertz CT molecular complexity index is 655. The fourth-order valence-corrected chi connectivity index (χ4v) is 2.48. The minimum atomic E-state index is -0.965. The maximum absolute atomic E-state index is 11.5. The maximum atomic E-state index is 11.5. The van der Waals surface area contributed by atoms with Crippen LogP contribution >= 0.6 is 15.9 Å². The molecular weight excluding hydrogens is 356 g/mol. The minimum Gasteiger partial charge on any atom is -0.478 e. The van der Waals surface area contributed by atoms with Crippen LogP contribution in [-0.4, -0.2) is 17.2 Å². The second-order valence-electron chi connectivity index (χ2n) is 6.55. The van der Waals surface area contributed by atoms with E-state index in [2.05, 4.69) is 36.7 Å². The van der Waals surface area contributed by atoms with Gasteiger partial charge in [0.2, 0.25) is 0 Å². The van der Waals surface area contributed by atoms with Crippen LogP contribution in [0.1, 0.15) is 31.9 Å². The number of rotatable bonds is 5. The lowest BCUT2D eigenvalue weighted by atomic mass is 9.87. The third kappa shape index (κ3) is 5.10. The summed E-state index contributed by atoms with van der Waals surface area (Å²) in [5.41, 5.74) is 2.17. The first kappa shape index (κ1) is 17.5. The molecule has 2 aromatic carbocycles. The van der Waals surface area contributed by atoms with Crippen LogP contribution < -0.4 is 4.74 Å². The zero-order valence-electron chi connectivity index (χ0n) is 13.5. The van der Waals surface area contributed by atoms with Gasteiger partial charge in [-0.1, -0.05) is 61.0 Å². The third-order valence-electron chi connectivity index (χ3n) is 3.61. The van der Waals surface area contributed by atoms with Gasteiger partial charge in [0, 0.05) is 10.9 Å². The van der Waals surface area contributed by atoms with Crippen molar-refractivity contribution < 1.29 is 14.6 Å². The molecule has 0 spiro atoms. The lowest BCUT2D eigenvalue weighted by molar-refractivity contribution is -0.145. The number of ether oxygens (including phenoxy) is 1. The molecule has 0 saturated carbocycles. The highest BCUT2D eigenvalue weighted by Crippen LogP contribution is 2.25. The molecule has 0 aliphatic heterocycles. The topological polar surface area (TPSA) is 46.5 Å². The molecule has 1 N–H and O–H groups in total. The van der Waals surface area contributed by atoms with E-state index >= 15 is 0 Å². The van der Waals surface area contributed by atoms with Gasteiger partial charge in [-0.05, 0) is 40.8 Å². The molecule has 0 aliphatic carbocycles. The van der Waals surface area contributed by atoms with Gasteiger partial charge in [-0.15, -0.1) is 0 Å². The monoisotopic (exact) mass is 376 g/mol. The molecule has 1 unspecified atom stereocenters. The van der Waals surface area contributed by atoms with Crippen LogP contribution in [0.5, 0.6) is 5.75 Å². The molecule has 0 radical (unpaired) electrons. The number of benzene rings is 2. The van der Waals surface area contributed by atoms with Crippen molar-refractivity contribution in [1.29, 1.82) is 0 Å². The smallest absolute Gasteiger partial charge is 0.345 e. The number of aliphatic carboxylic acids is 1. The predicted molar refractivity (Wildman–Crippen MR) is 95.0 cm³/mol. The highest BCUT2D eigenvalue weighted by Gasteiger charge is 2.20. The van der Waals surface area contributed by atoms with Crippen molar-refractivity contribution in [3.63, 3.8) is 0 Å². The van der Waals surface area contributed by atoms with Gasteiger partial charge in [0.05, 0.1) is 0 Å². The predicted octanol–water partition coefficient (Wildman–Crippen LogP) is 4.82. The van der Waals surface area contributed by atoms with E-state index in [1.165, 1.54) is 5.56 Å². The van der Waals surface area contributed by atoms with E-state index in [0.717, 1.165) is 10.0 Å². The standard InChI is InChI=1S/C19H21BrO3/c1-19(2,3)14-6-10-16(11-7-14)23-17(18(21)22)12-13-4-8-15(20)9-5-13/h4-11,17H,12H2,1-3H3,(H,21,22). The fraction of sp³-hybridized carbons (Fsp3) is 0.316. The lowest BCUT2D eigenvalue weighted by Gasteiger charge is -2.20. The quantitative estimate of drug-likeness (QED) is 0.813. The molecule has 2 aromatic rings. The van der Waals surface area contributed by atoms with Crippen LogP contribution in [0.2, 0.25) is 0 Å².